The molecular formula is C27H48N8O2S. The summed E-state index contributed by atoms with van der Waals surface area (Å²) in [6.07, 6.45) is 5.09. The largest absolute Gasteiger partial charge is 0.353 e. The number of hydrogen-bond acceptors (Lipinski definition) is 8. The van der Waals surface area contributed by atoms with Crippen molar-refractivity contribution in [2.45, 2.75) is 59.8 Å². The molecule has 0 amide bonds. The van der Waals surface area contributed by atoms with E-state index in [1.54, 1.807) is 7.05 Å². The Morgan fingerprint density at radius 1 is 0.737 bits per heavy atom. The van der Waals surface area contributed by atoms with Crippen LogP contribution in [0.25, 0.3) is 0 Å². The number of hydrogen-bond donors (Lipinski definition) is 3. The molecule has 1 atom stereocenters. The van der Waals surface area contributed by atoms with E-state index in [1.807, 2.05) is 24.3 Å². The van der Waals surface area contributed by atoms with Crippen molar-refractivity contribution in [2.75, 3.05) is 74.3 Å². The third-order valence-corrected chi connectivity index (χ3v) is 6.84. The van der Waals surface area contributed by atoms with Crippen LogP contribution in [-0.4, -0.2) is 92.9 Å². The van der Waals surface area contributed by atoms with Crippen LogP contribution in [0.3, 0.4) is 0 Å². The van der Waals surface area contributed by atoms with Gasteiger partial charge < -0.3 is 20.4 Å². The average Bonchev–Trinajstić information content (AvgIpc) is 2.89. The summed E-state index contributed by atoms with van der Waals surface area (Å²) in [5, 5.41) is 6.82. The molecule has 38 heavy (non-hydrogen) atoms. The number of anilines is 3. The fraction of sp³-hybridized carbons (Fsp3) is 0.667. The predicted molar refractivity (Wildman–Crippen MR) is 159 cm³/mol. The highest BCUT2D eigenvalue weighted by Crippen LogP contribution is 2.17. The van der Waals surface area contributed by atoms with Crippen molar-refractivity contribution in [1.82, 2.24) is 24.8 Å². The highest BCUT2D eigenvalue weighted by molar-refractivity contribution is 7.80. The predicted octanol–water partition coefficient (Wildman–Crippen LogP) is 4.10. The summed E-state index contributed by atoms with van der Waals surface area (Å²) in [6.45, 7) is 16.6. The first kappa shape index (κ1) is 31.9. The van der Waals surface area contributed by atoms with Crippen LogP contribution in [0, 0.1) is 0 Å². The van der Waals surface area contributed by atoms with E-state index in [4.69, 9.17) is 9.97 Å². The van der Waals surface area contributed by atoms with Crippen LogP contribution in [0.15, 0.2) is 24.3 Å². The third-order valence-electron chi connectivity index (χ3n) is 6.16. The van der Waals surface area contributed by atoms with Crippen LogP contribution in [0.1, 0.15) is 64.8 Å². The standard InChI is InChI=1S/C27H48N8O2S/c1-6-16-34(17-7-2)20-14-28-26-30-25(22-23-10-12-24(13-11-23)33(5)38(36)37)31-27(32-26)29-15-21-35(18-8-3)19-9-4/h10-13H,6-9,14-22H2,1-5H3,(H,36,37)(H2,28,29,30,31,32). The van der Waals surface area contributed by atoms with Gasteiger partial charge in [0.2, 0.25) is 11.9 Å². The van der Waals surface area contributed by atoms with Crippen molar-refractivity contribution in [3.63, 3.8) is 0 Å². The second-order valence-corrected chi connectivity index (χ2v) is 10.5. The minimum Gasteiger partial charge on any atom is -0.353 e. The quantitative estimate of drug-likeness (QED) is 0.211. The Balaban J connectivity index is 2.13. The lowest BCUT2D eigenvalue weighted by Crippen LogP contribution is -2.31. The molecule has 0 spiro atoms. The summed E-state index contributed by atoms with van der Waals surface area (Å²) in [6, 6.07) is 7.52. The van der Waals surface area contributed by atoms with Crippen molar-refractivity contribution in [3.05, 3.63) is 35.7 Å². The Bertz CT molecular complexity index is 895. The van der Waals surface area contributed by atoms with Crippen LogP contribution in [0.5, 0.6) is 0 Å². The van der Waals surface area contributed by atoms with E-state index < -0.39 is 11.3 Å². The molecule has 0 radical (unpaired) electrons. The molecule has 2 rings (SSSR count). The highest BCUT2D eigenvalue weighted by atomic mass is 32.2. The van der Waals surface area contributed by atoms with Crippen LogP contribution in [-0.2, 0) is 17.7 Å². The summed E-state index contributed by atoms with van der Waals surface area (Å²) in [5.41, 5.74) is 1.69. The van der Waals surface area contributed by atoms with Crippen molar-refractivity contribution in [1.29, 1.82) is 0 Å². The molecular weight excluding hydrogens is 500 g/mol. The molecule has 2 aromatic rings. The minimum atomic E-state index is -2.06. The third kappa shape index (κ3) is 11.6. The topological polar surface area (TPSA) is 110 Å². The Hall–Kier alpha value is -2.34. The SMILES string of the molecule is CCCN(CCC)CCNc1nc(Cc2ccc(N(C)S(=O)O)cc2)nc(NCCN(CCC)CCC)n1. The number of aromatic nitrogens is 3. The average molecular weight is 549 g/mol. The number of benzene rings is 1. The molecule has 1 aromatic heterocycles. The summed E-state index contributed by atoms with van der Waals surface area (Å²) in [5.74, 6) is 1.84. The zero-order chi connectivity index (χ0) is 27.8. The smallest absolute Gasteiger partial charge is 0.261 e. The van der Waals surface area contributed by atoms with Gasteiger partial charge in [-0.15, -0.1) is 0 Å². The van der Waals surface area contributed by atoms with Gasteiger partial charge in [-0.2, -0.15) is 15.0 Å². The number of nitrogens with zero attached hydrogens (tertiary/aromatic N) is 6. The van der Waals surface area contributed by atoms with E-state index >= 15 is 0 Å². The minimum absolute atomic E-state index is 0.535. The number of nitrogens with one attached hydrogen (secondary N) is 2. The summed E-state index contributed by atoms with van der Waals surface area (Å²) in [4.78, 5) is 19.0. The van der Waals surface area contributed by atoms with Crippen LogP contribution in [0.4, 0.5) is 17.6 Å². The normalized spacial score (nSPS) is 12.2. The van der Waals surface area contributed by atoms with Gasteiger partial charge in [-0.25, -0.2) is 4.21 Å². The first-order valence-electron chi connectivity index (χ1n) is 14.0. The van der Waals surface area contributed by atoms with Gasteiger partial charge in [0, 0.05) is 39.6 Å². The van der Waals surface area contributed by atoms with Crippen molar-refractivity contribution < 1.29 is 8.76 Å². The maximum Gasteiger partial charge on any atom is 0.261 e. The molecule has 0 aliphatic heterocycles. The Morgan fingerprint density at radius 2 is 1.18 bits per heavy atom. The maximum absolute atomic E-state index is 11.3. The summed E-state index contributed by atoms with van der Waals surface area (Å²) >= 11 is -2.06. The van der Waals surface area contributed by atoms with Gasteiger partial charge in [0.15, 0.2) is 0 Å². The summed E-state index contributed by atoms with van der Waals surface area (Å²) < 4.78 is 22.0. The zero-order valence-electron chi connectivity index (χ0n) is 23.9. The lowest BCUT2D eigenvalue weighted by atomic mass is 10.1. The molecule has 11 heteroatoms. The highest BCUT2D eigenvalue weighted by Gasteiger charge is 2.11. The van der Waals surface area contributed by atoms with E-state index in [9.17, 15) is 8.76 Å². The van der Waals surface area contributed by atoms with E-state index in [0.717, 1.165) is 83.6 Å². The molecule has 0 fully saturated rings. The number of rotatable bonds is 20. The Labute approximate surface area is 232 Å². The monoisotopic (exact) mass is 548 g/mol. The molecule has 0 saturated carbocycles. The lowest BCUT2D eigenvalue weighted by Gasteiger charge is -2.21. The van der Waals surface area contributed by atoms with Crippen molar-refractivity contribution in [2.24, 2.45) is 0 Å². The Kier molecular flexibility index (Phi) is 15.1. The first-order valence-corrected chi connectivity index (χ1v) is 15.1. The van der Waals surface area contributed by atoms with E-state index in [2.05, 4.69) is 53.1 Å². The first-order chi connectivity index (χ1) is 18.4. The fourth-order valence-corrected chi connectivity index (χ4v) is 4.64. The van der Waals surface area contributed by atoms with Gasteiger partial charge in [0.1, 0.15) is 5.82 Å². The van der Waals surface area contributed by atoms with E-state index in [0.29, 0.717) is 29.8 Å². The van der Waals surface area contributed by atoms with Gasteiger partial charge >= 0.3 is 0 Å². The van der Waals surface area contributed by atoms with Gasteiger partial charge in [-0.3, -0.25) is 8.86 Å². The van der Waals surface area contributed by atoms with Gasteiger partial charge in [0.05, 0.1) is 5.69 Å². The Morgan fingerprint density at radius 3 is 1.58 bits per heavy atom. The molecule has 0 saturated heterocycles. The second kappa shape index (κ2) is 18.0. The van der Waals surface area contributed by atoms with Crippen LogP contribution in [0.2, 0.25) is 0 Å². The van der Waals surface area contributed by atoms with E-state index in [-0.39, 0.29) is 0 Å². The molecule has 10 nitrogen and oxygen atoms in total. The molecule has 0 aliphatic rings. The van der Waals surface area contributed by atoms with Crippen LogP contribution < -0.4 is 14.9 Å². The van der Waals surface area contributed by atoms with Gasteiger partial charge in [0.25, 0.3) is 11.3 Å². The van der Waals surface area contributed by atoms with Crippen LogP contribution >= 0.6 is 0 Å². The van der Waals surface area contributed by atoms with Gasteiger partial charge in [-0.1, -0.05) is 39.8 Å². The molecule has 1 aromatic carbocycles. The fourth-order valence-electron chi connectivity index (χ4n) is 4.34. The maximum atomic E-state index is 11.3. The molecule has 214 valence electrons. The molecule has 3 N–H and O–H groups in total. The summed E-state index contributed by atoms with van der Waals surface area (Å²) in [7, 11) is 1.58. The second-order valence-electron chi connectivity index (χ2n) is 9.51. The molecule has 0 bridgehead atoms. The lowest BCUT2D eigenvalue weighted by molar-refractivity contribution is 0.285. The van der Waals surface area contributed by atoms with Crippen molar-refractivity contribution in [3.8, 4) is 0 Å². The zero-order valence-corrected chi connectivity index (χ0v) is 24.8. The molecule has 1 heterocycles. The van der Waals surface area contributed by atoms with Gasteiger partial charge in [-0.05, 0) is 69.6 Å². The van der Waals surface area contributed by atoms with Crippen molar-refractivity contribution >= 4 is 28.9 Å². The molecule has 0 aliphatic carbocycles. The van der Waals surface area contributed by atoms with E-state index in [1.165, 1.54) is 4.31 Å². The molecule has 1 unspecified atom stereocenters.